The number of aromatic carboxylic acids is 1. The molecule has 7 nitrogen and oxygen atoms in total. The summed E-state index contributed by atoms with van der Waals surface area (Å²) in [7, 11) is 0. The molecule has 0 heterocycles. The van der Waals surface area contributed by atoms with E-state index in [2.05, 4.69) is 5.32 Å². The van der Waals surface area contributed by atoms with E-state index in [0.29, 0.717) is 17.2 Å². The summed E-state index contributed by atoms with van der Waals surface area (Å²) in [6.45, 7) is 0. The van der Waals surface area contributed by atoms with Gasteiger partial charge in [0.05, 0.1) is 16.2 Å². The minimum absolute atomic E-state index is 0.177. The highest BCUT2D eigenvalue weighted by Crippen LogP contribution is 2.27. The molecule has 7 heteroatoms. The Morgan fingerprint density at radius 1 is 0.962 bits per heavy atom. The van der Waals surface area contributed by atoms with E-state index in [1.54, 1.807) is 24.3 Å². The number of carboxylic acid groups (broad SMARTS) is 1. The summed E-state index contributed by atoms with van der Waals surface area (Å²) in [6, 6.07) is 19.9. The fraction of sp³-hybridized carbons (Fsp3) is 0. The normalized spacial score (nSPS) is 10.2. The van der Waals surface area contributed by atoms with Gasteiger partial charge in [-0.25, -0.2) is 4.79 Å². The van der Waals surface area contributed by atoms with Crippen LogP contribution in [0.3, 0.4) is 0 Å². The maximum Gasteiger partial charge on any atom is 0.338 e. The topological polar surface area (TPSA) is 102 Å². The summed E-state index contributed by atoms with van der Waals surface area (Å²) in [5, 5.41) is 23.0. The zero-order chi connectivity index (χ0) is 18.5. The number of hydrogen-bond acceptors (Lipinski definition) is 5. The van der Waals surface area contributed by atoms with Crippen molar-refractivity contribution in [3.05, 3.63) is 88.5 Å². The molecule has 26 heavy (non-hydrogen) atoms. The third-order valence-electron chi connectivity index (χ3n) is 3.56. The molecule has 3 aromatic rings. The molecule has 0 aliphatic rings. The number of nitro benzene ring substituents is 1. The molecule has 0 saturated heterocycles. The number of rotatable bonds is 6. The van der Waals surface area contributed by atoms with Crippen molar-refractivity contribution in [2.75, 3.05) is 5.32 Å². The molecule has 0 aliphatic carbocycles. The molecule has 130 valence electrons. The van der Waals surface area contributed by atoms with Crippen LogP contribution in [0, 0.1) is 10.1 Å². The lowest BCUT2D eigenvalue weighted by molar-refractivity contribution is -0.384. The number of carbonyl (C=O) groups is 1. The monoisotopic (exact) mass is 350 g/mol. The van der Waals surface area contributed by atoms with Gasteiger partial charge in [-0.05, 0) is 42.5 Å². The van der Waals surface area contributed by atoms with Crippen molar-refractivity contribution in [2.24, 2.45) is 0 Å². The molecule has 0 radical (unpaired) electrons. The Balaban J connectivity index is 1.79. The van der Waals surface area contributed by atoms with E-state index < -0.39 is 10.9 Å². The molecule has 2 N–H and O–H groups in total. The van der Waals surface area contributed by atoms with Gasteiger partial charge in [0, 0.05) is 17.8 Å². The van der Waals surface area contributed by atoms with Crippen LogP contribution in [0.5, 0.6) is 11.5 Å². The fourth-order valence-corrected chi connectivity index (χ4v) is 2.32. The van der Waals surface area contributed by atoms with Crippen LogP contribution in [0.1, 0.15) is 10.4 Å². The number of nitro groups is 1. The van der Waals surface area contributed by atoms with E-state index in [1.807, 2.05) is 30.3 Å². The summed E-state index contributed by atoms with van der Waals surface area (Å²) in [4.78, 5) is 21.5. The summed E-state index contributed by atoms with van der Waals surface area (Å²) >= 11 is 0. The van der Waals surface area contributed by atoms with Crippen molar-refractivity contribution in [1.29, 1.82) is 0 Å². The SMILES string of the molecule is O=C(O)c1cc([N+](=O)[O-])ccc1Nc1ccc(Oc2ccccc2)cc1. The largest absolute Gasteiger partial charge is 0.478 e. The molecule has 0 bridgehead atoms. The van der Waals surface area contributed by atoms with Gasteiger partial charge in [0.2, 0.25) is 0 Å². The molecule has 0 aliphatic heterocycles. The molecule has 3 rings (SSSR count). The number of carboxylic acids is 1. The number of non-ortho nitro benzene ring substituents is 1. The van der Waals surface area contributed by atoms with Crippen molar-refractivity contribution >= 4 is 23.0 Å². The van der Waals surface area contributed by atoms with Crippen LogP contribution in [0.25, 0.3) is 0 Å². The van der Waals surface area contributed by atoms with Crippen molar-refractivity contribution in [1.82, 2.24) is 0 Å². The van der Waals surface area contributed by atoms with E-state index in [0.717, 1.165) is 6.07 Å². The molecule has 3 aromatic carbocycles. The average molecular weight is 350 g/mol. The van der Waals surface area contributed by atoms with E-state index in [1.165, 1.54) is 12.1 Å². The number of ether oxygens (including phenoxy) is 1. The Morgan fingerprint density at radius 2 is 1.62 bits per heavy atom. The van der Waals surface area contributed by atoms with Crippen LogP contribution >= 0.6 is 0 Å². The Kier molecular flexibility index (Phi) is 4.80. The lowest BCUT2D eigenvalue weighted by Gasteiger charge is -2.11. The molecular formula is C19H14N2O5. The Labute approximate surface area is 148 Å². The third-order valence-corrected chi connectivity index (χ3v) is 3.56. The molecule has 0 amide bonds. The van der Waals surface area contributed by atoms with Crippen molar-refractivity contribution in [3.63, 3.8) is 0 Å². The number of anilines is 2. The molecular weight excluding hydrogens is 336 g/mol. The highest BCUT2D eigenvalue weighted by Gasteiger charge is 2.16. The predicted molar refractivity (Wildman–Crippen MR) is 96.3 cm³/mol. The first-order chi connectivity index (χ1) is 12.5. The van der Waals surface area contributed by atoms with Gasteiger partial charge in [0.25, 0.3) is 5.69 Å². The molecule has 0 unspecified atom stereocenters. The number of nitrogens with one attached hydrogen (secondary N) is 1. The standard InChI is InChI=1S/C19H14N2O5/c22-19(23)17-12-14(21(24)25)8-11-18(17)20-13-6-9-16(10-7-13)26-15-4-2-1-3-5-15/h1-12,20H,(H,22,23). The summed E-state index contributed by atoms with van der Waals surface area (Å²) in [5.74, 6) is 0.0841. The highest BCUT2D eigenvalue weighted by atomic mass is 16.6. The van der Waals surface area contributed by atoms with Gasteiger partial charge in [0.15, 0.2) is 0 Å². The lowest BCUT2D eigenvalue weighted by Crippen LogP contribution is -2.04. The summed E-state index contributed by atoms with van der Waals surface area (Å²) in [6.07, 6.45) is 0. The molecule has 0 spiro atoms. The summed E-state index contributed by atoms with van der Waals surface area (Å²) in [5.41, 5.74) is 0.435. The first kappa shape index (κ1) is 17.0. The average Bonchev–Trinajstić information content (AvgIpc) is 2.64. The number of hydrogen-bond donors (Lipinski definition) is 2. The van der Waals surface area contributed by atoms with Gasteiger partial charge >= 0.3 is 5.97 Å². The quantitative estimate of drug-likeness (QED) is 0.488. The van der Waals surface area contributed by atoms with E-state index in [9.17, 15) is 20.0 Å². The second-order valence-corrected chi connectivity index (χ2v) is 5.36. The van der Waals surface area contributed by atoms with E-state index in [-0.39, 0.29) is 16.9 Å². The Hall–Kier alpha value is -3.87. The first-order valence-corrected chi connectivity index (χ1v) is 7.64. The predicted octanol–water partition coefficient (Wildman–Crippen LogP) is 4.83. The molecule has 0 saturated carbocycles. The smallest absolute Gasteiger partial charge is 0.338 e. The van der Waals surface area contributed by atoms with Crippen LogP contribution in [0.2, 0.25) is 0 Å². The van der Waals surface area contributed by atoms with E-state index >= 15 is 0 Å². The zero-order valence-electron chi connectivity index (χ0n) is 13.5. The highest BCUT2D eigenvalue weighted by molar-refractivity contribution is 5.96. The second kappa shape index (κ2) is 7.35. The third kappa shape index (κ3) is 3.96. The van der Waals surface area contributed by atoms with Crippen molar-refractivity contribution in [2.45, 2.75) is 0 Å². The second-order valence-electron chi connectivity index (χ2n) is 5.36. The number of para-hydroxylation sites is 1. The van der Waals surface area contributed by atoms with Crippen molar-refractivity contribution in [3.8, 4) is 11.5 Å². The Morgan fingerprint density at radius 3 is 2.23 bits per heavy atom. The molecule has 0 atom stereocenters. The van der Waals surface area contributed by atoms with Crippen LogP contribution in [0.15, 0.2) is 72.8 Å². The van der Waals surface area contributed by atoms with Gasteiger partial charge in [-0.2, -0.15) is 0 Å². The number of nitrogens with zero attached hydrogens (tertiary/aromatic N) is 1. The fourth-order valence-electron chi connectivity index (χ4n) is 2.32. The van der Waals surface area contributed by atoms with Crippen LogP contribution in [0.4, 0.5) is 17.1 Å². The zero-order valence-corrected chi connectivity index (χ0v) is 13.5. The minimum Gasteiger partial charge on any atom is -0.478 e. The maximum atomic E-state index is 11.4. The van der Waals surface area contributed by atoms with Gasteiger partial charge in [0.1, 0.15) is 11.5 Å². The van der Waals surface area contributed by atoms with Crippen LogP contribution in [-0.2, 0) is 0 Å². The molecule has 0 fully saturated rings. The van der Waals surface area contributed by atoms with Gasteiger partial charge < -0.3 is 15.2 Å². The first-order valence-electron chi connectivity index (χ1n) is 7.64. The summed E-state index contributed by atoms with van der Waals surface area (Å²) < 4.78 is 5.69. The van der Waals surface area contributed by atoms with Crippen LogP contribution < -0.4 is 10.1 Å². The van der Waals surface area contributed by atoms with Gasteiger partial charge in [-0.1, -0.05) is 18.2 Å². The van der Waals surface area contributed by atoms with Crippen LogP contribution in [-0.4, -0.2) is 16.0 Å². The lowest BCUT2D eigenvalue weighted by atomic mass is 10.1. The Bertz CT molecular complexity index is 940. The number of benzene rings is 3. The van der Waals surface area contributed by atoms with Crippen molar-refractivity contribution < 1.29 is 19.6 Å². The van der Waals surface area contributed by atoms with Gasteiger partial charge in [-0.3, -0.25) is 10.1 Å². The maximum absolute atomic E-state index is 11.4. The molecule has 0 aromatic heterocycles. The van der Waals surface area contributed by atoms with Gasteiger partial charge in [-0.15, -0.1) is 0 Å². The minimum atomic E-state index is -1.25. The van der Waals surface area contributed by atoms with E-state index in [4.69, 9.17) is 4.74 Å².